The molecule has 0 bridgehead atoms. The van der Waals surface area contributed by atoms with E-state index in [9.17, 15) is 0 Å². The van der Waals surface area contributed by atoms with Gasteiger partial charge in [0.25, 0.3) is 0 Å². The summed E-state index contributed by atoms with van der Waals surface area (Å²) in [4.78, 5) is 8.49. The van der Waals surface area contributed by atoms with Crippen molar-refractivity contribution in [1.29, 1.82) is 0 Å². The number of methoxy groups -OCH3 is 1. The number of rotatable bonds is 2. The molecule has 0 fully saturated rings. The number of hydrogen-bond donors (Lipinski definition) is 1. The number of aromatic nitrogens is 2. The van der Waals surface area contributed by atoms with Gasteiger partial charge in [0.1, 0.15) is 5.82 Å². The molecule has 1 heterocycles. The molecule has 0 amide bonds. The van der Waals surface area contributed by atoms with Gasteiger partial charge in [-0.25, -0.2) is 9.97 Å². The topological polar surface area (TPSA) is 61.0 Å². The molecule has 72 valence electrons. The average Bonchev–Trinajstić information content (AvgIpc) is 2.03. The van der Waals surface area contributed by atoms with Gasteiger partial charge in [-0.05, 0) is 20.8 Å². The Balaban J connectivity index is 3.20. The summed E-state index contributed by atoms with van der Waals surface area (Å²) < 4.78 is 5.14. The first-order chi connectivity index (χ1) is 6.06. The van der Waals surface area contributed by atoms with E-state index in [0.29, 0.717) is 5.82 Å². The summed E-state index contributed by atoms with van der Waals surface area (Å²) >= 11 is 0. The number of ether oxygens (including phenoxy) is 1. The molecule has 1 atom stereocenters. The van der Waals surface area contributed by atoms with E-state index in [1.807, 2.05) is 20.8 Å². The third-order valence-electron chi connectivity index (χ3n) is 1.83. The molecular weight excluding hydrogens is 166 g/mol. The SMILES string of the molecule is COc1c(C)nc(C(C)N)nc1C. The summed E-state index contributed by atoms with van der Waals surface area (Å²) in [6, 6.07) is -0.136. The van der Waals surface area contributed by atoms with E-state index < -0.39 is 0 Å². The predicted molar refractivity (Wildman–Crippen MR) is 50.7 cm³/mol. The van der Waals surface area contributed by atoms with Crippen LogP contribution in [0.1, 0.15) is 30.2 Å². The fraction of sp³-hybridized carbons (Fsp3) is 0.556. The lowest BCUT2D eigenvalue weighted by molar-refractivity contribution is 0.401. The Morgan fingerprint density at radius 1 is 1.23 bits per heavy atom. The highest BCUT2D eigenvalue weighted by molar-refractivity contribution is 5.31. The van der Waals surface area contributed by atoms with E-state index >= 15 is 0 Å². The van der Waals surface area contributed by atoms with Crippen molar-refractivity contribution in [3.63, 3.8) is 0 Å². The fourth-order valence-corrected chi connectivity index (χ4v) is 1.23. The Morgan fingerprint density at radius 3 is 2.00 bits per heavy atom. The van der Waals surface area contributed by atoms with Gasteiger partial charge >= 0.3 is 0 Å². The van der Waals surface area contributed by atoms with Gasteiger partial charge in [-0.1, -0.05) is 0 Å². The molecule has 0 saturated heterocycles. The van der Waals surface area contributed by atoms with Crippen LogP contribution in [0.2, 0.25) is 0 Å². The fourth-order valence-electron chi connectivity index (χ4n) is 1.23. The molecule has 13 heavy (non-hydrogen) atoms. The Bertz CT molecular complexity index is 287. The molecule has 0 saturated carbocycles. The van der Waals surface area contributed by atoms with Crippen LogP contribution in [0.25, 0.3) is 0 Å². The molecule has 1 rings (SSSR count). The zero-order chi connectivity index (χ0) is 10.0. The zero-order valence-electron chi connectivity index (χ0n) is 8.46. The number of aryl methyl sites for hydroxylation is 2. The van der Waals surface area contributed by atoms with E-state index in [2.05, 4.69) is 9.97 Å². The summed E-state index contributed by atoms with van der Waals surface area (Å²) in [5.41, 5.74) is 7.35. The van der Waals surface area contributed by atoms with Crippen molar-refractivity contribution in [2.45, 2.75) is 26.8 Å². The van der Waals surface area contributed by atoms with Crippen molar-refractivity contribution < 1.29 is 4.74 Å². The first-order valence-electron chi connectivity index (χ1n) is 4.21. The minimum atomic E-state index is -0.136. The summed E-state index contributed by atoms with van der Waals surface area (Å²) in [6.07, 6.45) is 0. The number of hydrogen-bond acceptors (Lipinski definition) is 4. The quantitative estimate of drug-likeness (QED) is 0.742. The van der Waals surface area contributed by atoms with E-state index in [-0.39, 0.29) is 6.04 Å². The number of nitrogens with two attached hydrogens (primary N) is 1. The van der Waals surface area contributed by atoms with E-state index in [4.69, 9.17) is 10.5 Å². The van der Waals surface area contributed by atoms with Crippen molar-refractivity contribution in [1.82, 2.24) is 9.97 Å². The molecule has 0 radical (unpaired) electrons. The minimum absolute atomic E-state index is 0.136. The van der Waals surface area contributed by atoms with Crippen LogP contribution in [-0.2, 0) is 0 Å². The van der Waals surface area contributed by atoms with Gasteiger partial charge in [0, 0.05) is 0 Å². The maximum absolute atomic E-state index is 5.68. The second-order valence-corrected chi connectivity index (χ2v) is 3.07. The Labute approximate surface area is 78.1 Å². The van der Waals surface area contributed by atoms with E-state index in [0.717, 1.165) is 17.1 Å². The van der Waals surface area contributed by atoms with Crippen LogP contribution in [0.5, 0.6) is 5.75 Å². The van der Waals surface area contributed by atoms with E-state index in [1.54, 1.807) is 7.11 Å². The lowest BCUT2D eigenvalue weighted by atomic mass is 10.2. The first-order valence-corrected chi connectivity index (χ1v) is 4.21. The van der Waals surface area contributed by atoms with Crippen LogP contribution in [0, 0.1) is 13.8 Å². The van der Waals surface area contributed by atoms with Gasteiger partial charge in [0.2, 0.25) is 0 Å². The van der Waals surface area contributed by atoms with Crippen molar-refractivity contribution in [2.75, 3.05) is 7.11 Å². The minimum Gasteiger partial charge on any atom is -0.493 e. The van der Waals surface area contributed by atoms with Gasteiger partial charge in [0.05, 0.1) is 24.5 Å². The highest BCUT2D eigenvalue weighted by Gasteiger charge is 2.10. The molecule has 2 N–H and O–H groups in total. The molecule has 1 aromatic rings. The van der Waals surface area contributed by atoms with Gasteiger partial charge in [-0.15, -0.1) is 0 Å². The normalized spacial score (nSPS) is 12.7. The van der Waals surface area contributed by atoms with Gasteiger partial charge in [-0.2, -0.15) is 0 Å². The predicted octanol–water partition coefficient (Wildman–Crippen LogP) is 1.12. The molecule has 4 nitrogen and oxygen atoms in total. The van der Waals surface area contributed by atoms with Crippen LogP contribution in [-0.4, -0.2) is 17.1 Å². The van der Waals surface area contributed by atoms with Crippen LogP contribution in [0.3, 0.4) is 0 Å². The van der Waals surface area contributed by atoms with Crippen LogP contribution >= 0.6 is 0 Å². The molecule has 0 aliphatic carbocycles. The number of nitrogens with zero attached hydrogens (tertiary/aromatic N) is 2. The molecule has 1 aromatic heterocycles. The molecule has 4 heteroatoms. The molecule has 1 unspecified atom stereocenters. The smallest absolute Gasteiger partial charge is 0.161 e. The van der Waals surface area contributed by atoms with Crippen molar-refractivity contribution in [3.8, 4) is 5.75 Å². The van der Waals surface area contributed by atoms with Crippen molar-refractivity contribution in [3.05, 3.63) is 17.2 Å². The lowest BCUT2D eigenvalue weighted by Gasteiger charge is -2.10. The summed E-state index contributed by atoms with van der Waals surface area (Å²) in [7, 11) is 1.62. The average molecular weight is 181 g/mol. The standard InChI is InChI=1S/C9H15N3O/c1-5(10)9-11-6(2)8(13-4)7(3)12-9/h5H,10H2,1-4H3. The maximum atomic E-state index is 5.68. The second kappa shape index (κ2) is 3.70. The molecular formula is C9H15N3O. The van der Waals surface area contributed by atoms with Crippen LogP contribution in [0.4, 0.5) is 0 Å². The van der Waals surface area contributed by atoms with Crippen molar-refractivity contribution in [2.24, 2.45) is 5.73 Å². The third kappa shape index (κ3) is 1.95. The highest BCUT2D eigenvalue weighted by atomic mass is 16.5. The monoisotopic (exact) mass is 181 g/mol. The maximum Gasteiger partial charge on any atom is 0.161 e. The molecule has 0 aliphatic heterocycles. The Hall–Kier alpha value is -1.16. The molecule has 0 aliphatic rings. The Morgan fingerprint density at radius 2 is 1.69 bits per heavy atom. The highest BCUT2D eigenvalue weighted by Crippen LogP contribution is 2.20. The molecule has 0 spiro atoms. The summed E-state index contributed by atoms with van der Waals surface area (Å²) in [5, 5.41) is 0. The second-order valence-electron chi connectivity index (χ2n) is 3.07. The van der Waals surface area contributed by atoms with Gasteiger partial charge in [0.15, 0.2) is 5.75 Å². The lowest BCUT2D eigenvalue weighted by Crippen LogP contribution is -2.12. The van der Waals surface area contributed by atoms with E-state index in [1.165, 1.54) is 0 Å². The largest absolute Gasteiger partial charge is 0.493 e. The third-order valence-corrected chi connectivity index (χ3v) is 1.83. The zero-order valence-corrected chi connectivity index (χ0v) is 8.46. The van der Waals surface area contributed by atoms with Crippen LogP contribution < -0.4 is 10.5 Å². The van der Waals surface area contributed by atoms with Crippen molar-refractivity contribution >= 4 is 0 Å². The van der Waals surface area contributed by atoms with Crippen LogP contribution in [0.15, 0.2) is 0 Å². The summed E-state index contributed by atoms with van der Waals surface area (Å²) in [6.45, 7) is 5.64. The van der Waals surface area contributed by atoms with Gasteiger partial charge in [-0.3, -0.25) is 0 Å². The molecule has 0 aromatic carbocycles. The van der Waals surface area contributed by atoms with Gasteiger partial charge < -0.3 is 10.5 Å². The first kappa shape index (κ1) is 9.92. The Kier molecular flexibility index (Phi) is 2.83. The summed E-state index contributed by atoms with van der Waals surface area (Å²) in [5.74, 6) is 1.40.